The van der Waals surface area contributed by atoms with Gasteiger partial charge in [0.05, 0.1) is 29.2 Å². The predicted octanol–water partition coefficient (Wildman–Crippen LogP) is 4.62. The molecule has 1 aromatic carbocycles. The average Bonchev–Trinajstić information content (AvgIpc) is 2.96. The summed E-state index contributed by atoms with van der Waals surface area (Å²) in [6.45, 7) is 7.76. The summed E-state index contributed by atoms with van der Waals surface area (Å²) in [6, 6.07) is 2.55. The van der Waals surface area contributed by atoms with E-state index in [0.29, 0.717) is 28.1 Å². The van der Waals surface area contributed by atoms with Crippen LogP contribution in [0.15, 0.2) is 21.5 Å². The second-order valence-corrected chi connectivity index (χ2v) is 8.20. The van der Waals surface area contributed by atoms with Crippen molar-refractivity contribution >= 4 is 50.9 Å². The molecule has 0 radical (unpaired) electrons. The van der Waals surface area contributed by atoms with Crippen molar-refractivity contribution in [2.75, 3.05) is 13.7 Å². The third-order valence-electron chi connectivity index (χ3n) is 4.28. The van der Waals surface area contributed by atoms with E-state index in [-0.39, 0.29) is 11.0 Å². The highest BCUT2D eigenvalue weighted by atomic mass is 79.9. The van der Waals surface area contributed by atoms with Crippen LogP contribution in [0.3, 0.4) is 0 Å². The van der Waals surface area contributed by atoms with Crippen LogP contribution in [-0.4, -0.2) is 47.9 Å². The largest absolute Gasteiger partial charge is 0.490 e. The first-order valence-corrected chi connectivity index (χ1v) is 10.8. The highest BCUT2D eigenvalue weighted by molar-refractivity contribution is 9.10. The molecule has 2 atom stereocenters. The molecular formula is C20H24BrNO6S. The van der Waals surface area contributed by atoms with Gasteiger partial charge in [0, 0.05) is 0 Å². The van der Waals surface area contributed by atoms with E-state index >= 15 is 0 Å². The Hall–Kier alpha value is -2.00. The summed E-state index contributed by atoms with van der Waals surface area (Å²) in [5, 5.41) is -0.514. The molecule has 0 aromatic heterocycles. The fraction of sp³-hybridized carbons (Fsp3) is 0.450. The molecule has 1 aromatic rings. The van der Waals surface area contributed by atoms with E-state index in [4.69, 9.17) is 9.47 Å². The minimum atomic E-state index is -0.990. The second kappa shape index (κ2) is 10.2. The zero-order valence-electron chi connectivity index (χ0n) is 17.0. The van der Waals surface area contributed by atoms with E-state index in [1.54, 1.807) is 18.2 Å². The molecule has 0 N–H and O–H groups in total. The van der Waals surface area contributed by atoms with E-state index in [0.717, 1.165) is 23.1 Å². The molecule has 0 spiro atoms. The number of hydrogen-bond donors (Lipinski definition) is 0. The van der Waals surface area contributed by atoms with Crippen LogP contribution in [0.2, 0.25) is 0 Å². The Kier molecular flexibility index (Phi) is 8.15. The summed E-state index contributed by atoms with van der Waals surface area (Å²) in [5.74, 6) is -0.0604. The lowest BCUT2D eigenvalue weighted by Gasteiger charge is -2.19. The molecule has 1 heterocycles. The van der Waals surface area contributed by atoms with Crippen molar-refractivity contribution in [2.24, 2.45) is 0 Å². The number of esters is 1. The van der Waals surface area contributed by atoms with Gasteiger partial charge < -0.3 is 14.2 Å². The van der Waals surface area contributed by atoms with Gasteiger partial charge in [-0.05, 0) is 78.7 Å². The maximum Gasteiger partial charge on any atom is 0.328 e. The number of methoxy groups -OCH3 is 1. The number of thioether (sulfide) groups is 1. The summed E-state index contributed by atoms with van der Waals surface area (Å²) < 4.78 is 17.0. The summed E-state index contributed by atoms with van der Waals surface area (Å²) in [7, 11) is 1.21. The van der Waals surface area contributed by atoms with Crippen LogP contribution in [0.4, 0.5) is 4.79 Å². The van der Waals surface area contributed by atoms with E-state index in [1.165, 1.54) is 14.0 Å². The monoisotopic (exact) mass is 485 g/mol. The number of imide groups is 1. The SMILES string of the molecule is CCOc1cc(/C=C2/SC(=O)N([C@H](C)C(=O)OC)C2=O)cc(Br)c1O[C@@H](C)CC. The highest BCUT2D eigenvalue weighted by Crippen LogP contribution is 2.40. The van der Waals surface area contributed by atoms with Crippen molar-refractivity contribution in [3.8, 4) is 11.5 Å². The number of hydrogen-bond acceptors (Lipinski definition) is 7. The Labute approximate surface area is 182 Å². The molecule has 158 valence electrons. The van der Waals surface area contributed by atoms with Gasteiger partial charge >= 0.3 is 5.97 Å². The molecule has 1 saturated heterocycles. The molecule has 0 bridgehead atoms. The van der Waals surface area contributed by atoms with Crippen LogP contribution in [0.25, 0.3) is 6.08 Å². The van der Waals surface area contributed by atoms with Crippen LogP contribution in [0.1, 0.15) is 39.7 Å². The Balaban J connectivity index is 2.37. The first-order chi connectivity index (χ1) is 13.7. The summed E-state index contributed by atoms with van der Waals surface area (Å²) in [6.07, 6.45) is 2.44. The molecule has 2 rings (SSSR count). The minimum absolute atomic E-state index is 0.00710. The number of halogens is 1. The summed E-state index contributed by atoms with van der Waals surface area (Å²) in [4.78, 5) is 37.8. The molecule has 0 aliphatic carbocycles. The third kappa shape index (κ3) is 5.33. The van der Waals surface area contributed by atoms with Crippen LogP contribution in [0, 0.1) is 0 Å². The molecule has 7 nitrogen and oxygen atoms in total. The smallest absolute Gasteiger partial charge is 0.328 e. The standard InChI is InChI=1S/C20H24BrNO6S/c1-6-11(3)28-17-14(21)8-13(9-15(17)27-7-2)10-16-18(23)22(20(25)29-16)12(4)19(24)26-5/h8-12H,6-7H2,1-5H3/b16-10+/t11-,12+/m0/s1. The van der Waals surface area contributed by atoms with Gasteiger partial charge in [-0.1, -0.05) is 6.92 Å². The van der Waals surface area contributed by atoms with E-state index < -0.39 is 23.2 Å². The number of amides is 2. The third-order valence-corrected chi connectivity index (χ3v) is 5.75. The molecule has 0 saturated carbocycles. The summed E-state index contributed by atoms with van der Waals surface area (Å²) in [5.41, 5.74) is 0.660. The van der Waals surface area contributed by atoms with Crippen LogP contribution < -0.4 is 9.47 Å². The van der Waals surface area contributed by atoms with E-state index in [2.05, 4.69) is 20.7 Å². The first-order valence-electron chi connectivity index (χ1n) is 9.21. The van der Waals surface area contributed by atoms with Crippen molar-refractivity contribution in [2.45, 2.75) is 46.3 Å². The fourth-order valence-corrected chi connectivity index (χ4v) is 4.04. The van der Waals surface area contributed by atoms with E-state index in [9.17, 15) is 14.4 Å². The number of ether oxygens (including phenoxy) is 3. The molecule has 1 aliphatic rings. The normalized spacial score (nSPS) is 17.4. The van der Waals surface area contributed by atoms with Crippen LogP contribution in [-0.2, 0) is 14.3 Å². The van der Waals surface area contributed by atoms with Gasteiger partial charge in [-0.15, -0.1) is 0 Å². The van der Waals surface area contributed by atoms with Gasteiger partial charge in [-0.2, -0.15) is 0 Å². The maximum atomic E-state index is 12.7. The zero-order chi connectivity index (χ0) is 21.7. The zero-order valence-corrected chi connectivity index (χ0v) is 19.4. The van der Waals surface area contributed by atoms with Gasteiger partial charge in [-0.25, -0.2) is 4.79 Å². The lowest BCUT2D eigenvalue weighted by Crippen LogP contribution is -2.42. The Morgan fingerprint density at radius 2 is 1.97 bits per heavy atom. The van der Waals surface area contributed by atoms with Gasteiger partial charge in [0.1, 0.15) is 6.04 Å². The highest BCUT2D eigenvalue weighted by Gasteiger charge is 2.41. The number of nitrogens with zero attached hydrogens (tertiary/aromatic N) is 1. The molecular weight excluding hydrogens is 462 g/mol. The molecule has 1 fully saturated rings. The molecule has 1 aliphatic heterocycles. The van der Waals surface area contributed by atoms with Crippen molar-refractivity contribution < 1.29 is 28.6 Å². The minimum Gasteiger partial charge on any atom is -0.490 e. The molecule has 9 heteroatoms. The maximum absolute atomic E-state index is 12.7. The van der Waals surface area contributed by atoms with Crippen LogP contribution in [0.5, 0.6) is 11.5 Å². The van der Waals surface area contributed by atoms with Crippen LogP contribution >= 0.6 is 27.7 Å². The molecule has 0 unspecified atom stereocenters. The Bertz CT molecular complexity index is 841. The number of carbonyl (C=O) groups is 3. The number of rotatable bonds is 8. The first kappa shape index (κ1) is 23.3. The number of carbonyl (C=O) groups excluding carboxylic acids is 3. The lowest BCUT2D eigenvalue weighted by molar-refractivity contribution is -0.148. The molecule has 29 heavy (non-hydrogen) atoms. The van der Waals surface area contributed by atoms with Crippen molar-refractivity contribution in [3.05, 3.63) is 27.1 Å². The number of benzene rings is 1. The summed E-state index contributed by atoms with van der Waals surface area (Å²) >= 11 is 4.28. The quantitative estimate of drug-likeness (QED) is 0.392. The fourth-order valence-electron chi connectivity index (χ4n) is 2.57. The van der Waals surface area contributed by atoms with Crippen molar-refractivity contribution in [1.82, 2.24) is 4.90 Å². The van der Waals surface area contributed by atoms with Crippen molar-refractivity contribution in [3.63, 3.8) is 0 Å². The topological polar surface area (TPSA) is 82.1 Å². The van der Waals surface area contributed by atoms with Crippen molar-refractivity contribution in [1.29, 1.82) is 0 Å². The predicted molar refractivity (Wildman–Crippen MR) is 115 cm³/mol. The molecule has 2 amide bonds. The average molecular weight is 486 g/mol. The lowest BCUT2D eigenvalue weighted by atomic mass is 10.1. The van der Waals surface area contributed by atoms with Gasteiger partial charge in [0.15, 0.2) is 11.5 Å². The van der Waals surface area contributed by atoms with Gasteiger partial charge in [0.25, 0.3) is 11.1 Å². The van der Waals surface area contributed by atoms with Gasteiger partial charge in [0.2, 0.25) is 0 Å². The Morgan fingerprint density at radius 3 is 2.55 bits per heavy atom. The van der Waals surface area contributed by atoms with E-state index in [1.807, 2.05) is 20.8 Å². The second-order valence-electron chi connectivity index (χ2n) is 6.35. The Morgan fingerprint density at radius 1 is 1.28 bits per heavy atom. The van der Waals surface area contributed by atoms with Gasteiger partial charge in [-0.3, -0.25) is 14.5 Å².